The smallest absolute Gasteiger partial charge is 0.261 e. The Labute approximate surface area is 112 Å². The van der Waals surface area contributed by atoms with Crippen LogP contribution in [0.15, 0.2) is 47.3 Å². The maximum atomic E-state index is 12.4. The average Bonchev–Trinajstić information content (AvgIpc) is 2.41. The highest BCUT2D eigenvalue weighted by molar-refractivity contribution is 5.89. The van der Waals surface area contributed by atoms with Crippen LogP contribution in [0.25, 0.3) is 17.0 Å². The number of fused-ring (bicyclic) bond motifs is 1. The molecule has 0 spiro atoms. The minimum Gasteiger partial charge on any atom is -0.495 e. The van der Waals surface area contributed by atoms with Gasteiger partial charge < -0.3 is 9.30 Å². The second-order valence-electron chi connectivity index (χ2n) is 4.51. The van der Waals surface area contributed by atoms with Gasteiger partial charge in [0.25, 0.3) is 5.56 Å². The Morgan fingerprint density at radius 3 is 2.68 bits per heavy atom. The number of pyridine rings is 1. The van der Waals surface area contributed by atoms with E-state index in [1.165, 1.54) is 0 Å². The van der Waals surface area contributed by atoms with Gasteiger partial charge in [-0.1, -0.05) is 30.4 Å². The summed E-state index contributed by atoms with van der Waals surface area (Å²) in [5, 5.41) is 0.925. The number of allylic oxidation sites excluding steroid dienone is 2. The van der Waals surface area contributed by atoms with Crippen LogP contribution in [0, 0.1) is 0 Å². The van der Waals surface area contributed by atoms with E-state index in [1.807, 2.05) is 37.3 Å². The van der Waals surface area contributed by atoms with Gasteiger partial charge in [-0.2, -0.15) is 0 Å². The van der Waals surface area contributed by atoms with E-state index in [0.29, 0.717) is 11.3 Å². The number of hydrogen-bond donors (Lipinski definition) is 0. The molecule has 3 heteroatoms. The van der Waals surface area contributed by atoms with E-state index < -0.39 is 0 Å². The first kappa shape index (κ1) is 13.1. The van der Waals surface area contributed by atoms with Crippen LogP contribution in [-0.4, -0.2) is 11.7 Å². The number of methoxy groups -OCH3 is 1. The fourth-order valence-electron chi connectivity index (χ4n) is 2.08. The third-order valence-corrected chi connectivity index (χ3v) is 3.03. The van der Waals surface area contributed by atoms with Crippen LogP contribution in [0.5, 0.6) is 5.75 Å². The number of aromatic nitrogens is 1. The van der Waals surface area contributed by atoms with E-state index in [-0.39, 0.29) is 5.56 Å². The summed E-state index contributed by atoms with van der Waals surface area (Å²) < 4.78 is 7.07. The lowest BCUT2D eigenvalue weighted by molar-refractivity contribution is 0.417. The highest BCUT2D eigenvalue weighted by Gasteiger charge is 2.13. The highest BCUT2D eigenvalue weighted by atomic mass is 16.5. The third kappa shape index (κ3) is 2.32. The topological polar surface area (TPSA) is 31.2 Å². The Morgan fingerprint density at radius 2 is 2.05 bits per heavy atom. The quantitative estimate of drug-likeness (QED) is 0.789. The van der Waals surface area contributed by atoms with Gasteiger partial charge in [0.1, 0.15) is 5.75 Å². The first-order chi connectivity index (χ1) is 9.06. The van der Waals surface area contributed by atoms with Gasteiger partial charge in [0, 0.05) is 12.4 Å². The van der Waals surface area contributed by atoms with Crippen molar-refractivity contribution in [1.29, 1.82) is 0 Å². The zero-order valence-corrected chi connectivity index (χ0v) is 11.4. The Kier molecular flexibility index (Phi) is 3.56. The molecule has 19 heavy (non-hydrogen) atoms. The standard InChI is InChI=1S/C16H17NO2/c1-11(2)9-10-13-15(19-4)12-7-5-6-8-14(12)17(3)16(13)18/h5-10H,1H2,2-4H3. The van der Waals surface area contributed by atoms with Crippen LogP contribution in [0.3, 0.4) is 0 Å². The summed E-state index contributed by atoms with van der Waals surface area (Å²) in [5.41, 5.74) is 2.22. The Balaban J connectivity index is 2.87. The van der Waals surface area contributed by atoms with Gasteiger partial charge in [-0.3, -0.25) is 4.79 Å². The highest BCUT2D eigenvalue weighted by Crippen LogP contribution is 2.27. The fraction of sp³-hybridized carbons (Fsp3) is 0.188. The molecule has 0 atom stereocenters. The molecule has 1 aromatic heterocycles. The van der Waals surface area contributed by atoms with Gasteiger partial charge in [-0.15, -0.1) is 0 Å². The average molecular weight is 255 g/mol. The van der Waals surface area contributed by atoms with Gasteiger partial charge in [0.2, 0.25) is 0 Å². The predicted octanol–water partition coefficient (Wildman–Crippen LogP) is 3.14. The second kappa shape index (κ2) is 5.14. The molecule has 0 bridgehead atoms. The molecule has 0 aliphatic rings. The normalized spacial score (nSPS) is 11.1. The Morgan fingerprint density at radius 1 is 1.37 bits per heavy atom. The minimum atomic E-state index is -0.0759. The minimum absolute atomic E-state index is 0.0759. The second-order valence-corrected chi connectivity index (χ2v) is 4.51. The van der Waals surface area contributed by atoms with Gasteiger partial charge in [-0.25, -0.2) is 0 Å². The maximum absolute atomic E-state index is 12.4. The van der Waals surface area contributed by atoms with Gasteiger partial charge in [0.05, 0.1) is 18.2 Å². The van der Waals surface area contributed by atoms with Crippen LogP contribution in [-0.2, 0) is 7.05 Å². The zero-order valence-electron chi connectivity index (χ0n) is 11.4. The van der Waals surface area contributed by atoms with Crippen molar-refractivity contribution in [3.8, 4) is 5.75 Å². The molecule has 0 unspecified atom stereocenters. The summed E-state index contributed by atoms with van der Waals surface area (Å²) >= 11 is 0. The summed E-state index contributed by atoms with van der Waals surface area (Å²) in [6, 6.07) is 7.70. The number of para-hydroxylation sites is 1. The fourth-order valence-corrected chi connectivity index (χ4v) is 2.08. The lowest BCUT2D eigenvalue weighted by Gasteiger charge is -2.12. The molecule has 0 fully saturated rings. The molecule has 1 heterocycles. The van der Waals surface area contributed by atoms with Crippen LogP contribution >= 0.6 is 0 Å². The predicted molar refractivity (Wildman–Crippen MR) is 79.6 cm³/mol. The zero-order chi connectivity index (χ0) is 14.0. The van der Waals surface area contributed by atoms with Crippen LogP contribution in [0.2, 0.25) is 0 Å². The summed E-state index contributed by atoms with van der Waals surface area (Å²) in [6.45, 7) is 5.69. The molecule has 98 valence electrons. The molecular weight excluding hydrogens is 238 g/mol. The Bertz CT molecular complexity index is 723. The van der Waals surface area contributed by atoms with E-state index in [9.17, 15) is 4.79 Å². The van der Waals surface area contributed by atoms with Crippen LogP contribution in [0.4, 0.5) is 0 Å². The van der Waals surface area contributed by atoms with Crippen molar-refractivity contribution in [1.82, 2.24) is 4.57 Å². The van der Waals surface area contributed by atoms with Crippen molar-refractivity contribution in [3.05, 3.63) is 58.4 Å². The molecule has 2 rings (SSSR count). The van der Waals surface area contributed by atoms with Crippen molar-refractivity contribution >= 4 is 17.0 Å². The van der Waals surface area contributed by atoms with Gasteiger partial charge in [0.15, 0.2) is 0 Å². The first-order valence-corrected chi connectivity index (χ1v) is 6.05. The van der Waals surface area contributed by atoms with E-state index in [4.69, 9.17) is 4.74 Å². The summed E-state index contributed by atoms with van der Waals surface area (Å²) in [7, 11) is 3.35. The van der Waals surface area contributed by atoms with E-state index in [1.54, 1.807) is 24.8 Å². The SMILES string of the molecule is C=C(C)C=Cc1c(OC)c2ccccc2n(C)c1=O. The molecule has 0 radical (unpaired) electrons. The summed E-state index contributed by atoms with van der Waals surface area (Å²) in [5.74, 6) is 0.608. The van der Waals surface area contributed by atoms with Crippen molar-refractivity contribution in [2.45, 2.75) is 6.92 Å². The first-order valence-electron chi connectivity index (χ1n) is 6.05. The number of rotatable bonds is 3. The number of nitrogens with zero attached hydrogens (tertiary/aromatic N) is 1. The van der Waals surface area contributed by atoms with E-state index >= 15 is 0 Å². The molecule has 0 N–H and O–H groups in total. The number of aryl methyl sites for hydroxylation is 1. The third-order valence-electron chi connectivity index (χ3n) is 3.03. The van der Waals surface area contributed by atoms with Crippen molar-refractivity contribution in [3.63, 3.8) is 0 Å². The van der Waals surface area contributed by atoms with E-state index in [2.05, 4.69) is 6.58 Å². The molecule has 0 aliphatic heterocycles. The van der Waals surface area contributed by atoms with E-state index in [0.717, 1.165) is 16.5 Å². The Hall–Kier alpha value is -2.29. The molecular formula is C16H17NO2. The van der Waals surface area contributed by atoms with Crippen LogP contribution in [0.1, 0.15) is 12.5 Å². The van der Waals surface area contributed by atoms with Crippen molar-refractivity contribution in [2.75, 3.05) is 7.11 Å². The maximum Gasteiger partial charge on any atom is 0.261 e. The number of ether oxygens (including phenoxy) is 1. The summed E-state index contributed by atoms with van der Waals surface area (Å²) in [4.78, 5) is 12.4. The molecule has 0 saturated carbocycles. The van der Waals surface area contributed by atoms with Gasteiger partial charge in [-0.05, 0) is 25.1 Å². The molecule has 0 saturated heterocycles. The lowest BCUT2D eigenvalue weighted by atomic mass is 10.1. The number of hydrogen-bond acceptors (Lipinski definition) is 2. The molecule has 2 aromatic rings. The summed E-state index contributed by atoms with van der Waals surface area (Å²) in [6.07, 6.45) is 3.57. The van der Waals surface area contributed by atoms with Crippen LogP contribution < -0.4 is 10.3 Å². The van der Waals surface area contributed by atoms with Crippen molar-refractivity contribution in [2.24, 2.45) is 7.05 Å². The number of benzene rings is 1. The lowest BCUT2D eigenvalue weighted by Crippen LogP contribution is -2.20. The largest absolute Gasteiger partial charge is 0.495 e. The van der Waals surface area contributed by atoms with Crippen molar-refractivity contribution < 1.29 is 4.74 Å². The molecule has 1 aromatic carbocycles. The molecule has 0 amide bonds. The molecule has 3 nitrogen and oxygen atoms in total. The molecule has 0 aliphatic carbocycles. The monoisotopic (exact) mass is 255 g/mol. The van der Waals surface area contributed by atoms with Gasteiger partial charge >= 0.3 is 0 Å².